The Kier molecular flexibility index (Phi) is 11.9. The highest BCUT2D eigenvalue weighted by Gasteiger charge is 2.11. The van der Waals surface area contributed by atoms with E-state index in [-0.39, 0.29) is 18.5 Å². The Morgan fingerprint density at radius 3 is 2.00 bits per heavy atom. The lowest BCUT2D eigenvalue weighted by molar-refractivity contribution is -0.149. The van der Waals surface area contributed by atoms with E-state index < -0.39 is 11.9 Å². The molecular formula is C32H34O8. The molecule has 0 spiro atoms. The summed E-state index contributed by atoms with van der Waals surface area (Å²) in [6, 6.07) is 21.6. The quantitative estimate of drug-likeness (QED) is 0.109. The molecule has 0 aliphatic heterocycles. The van der Waals surface area contributed by atoms with Gasteiger partial charge in [0.1, 0.15) is 24.7 Å². The molecule has 3 rings (SSSR count). The molecule has 0 aliphatic carbocycles. The van der Waals surface area contributed by atoms with Crippen LogP contribution >= 0.6 is 0 Å². The maximum Gasteiger partial charge on any atom is 0.343 e. The molecule has 0 saturated heterocycles. The predicted molar refractivity (Wildman–Crippen MR) is 151 cm³/mol. The molecule has 3 aromatic rings. The van der Waals surface area contributed by atoms with Crippen LogP contribution in [-0.4, -0.2) is 51.4 Å². The number of rotatable bonds is 14. The largest absolute Gasteiger partial charge is 0.491 e. The van der Waals surface area contributed by atoms with E-state index >= 15 is 0 Å². The number of benzene rings is 3. The minimum absolute atomic E-state index is 0.107. The Morgan fingerprint density at radius 2 is 1.38 bits per heavy atom. The van der Waals surface area contributed by atoms with Gasteiger partial charge in [-0.05, 0) is 65.6 Å². The van der Waals surface area contributed by atoms with Crippen LogP contribution < -0.4 is 9.47 Å². The highest BCUT2D eigenvalue weighted by atomic mass is 16.6. The molecule has 0 aromatic heterocycles. The summed E-state index contributed by atoms with van der Waals surface area (Å²) in [7, 11) is 1.34. The van der Waals surface area contributed by atoms with Gasteiger partial charge in [0.25, 0.3) is 0 Å². The minimum atomic E-state index is -0.476. The number of carbonyl (C=O) groups excluding carboxylic acids is 3. The molecule has 210 valence electrons. The first kappa shape index (κ1) is 30.1. The monoisotopic (exact) mass is 546 g/mol. The molecule has 0 amide bonds. The Bertz CT molecular complexity index is 1260. The van der Waals surface area contributed by atoms with E-state index in [0.29, 0.717) is 36.9 Å². The van der Waals surface area contributed by atoms with E-state index in [1.54, 1.807) is 42.5 Å². The highest BCUT2D eigenvalue weighted by molar-refractivity contribution is 5.91. The molecule has 1 unspecified atom stereocenters. The summed E-state index contributed by atoms with van der Waals surface area (Å²) in [5.74, 6) is -0.180. The average Bonchev–Trinajstić information content (AvgIpc) is 2.99. The fourth-order valence-corrected chi connectivity index (χ4v) is 3.42. The number of esters is 3. The number of hydrogen-bond donors (Lipinski definition) is 0. The van der Waals surface area contributed by atoms with Crippen LogP contribution in [0, 0.1) is 5.92 Å². The summed E-state index contributed by atoms with van der Waals surface area (Å²) >= 11 is 0. The van der Waals surface area contributed by atoms with Gasteiger partial charge >= 0.3 is 17.9 Å². The number of ether oxygens (including phenoxy) is 5. The fraction of sp³-hybridized carbons (Fsp3) is 0.281. The van der Waals surface area contributed by atoms with Crippen LogP contribution in [0.25, 0.3) is 17.2 Å². The molecule has 0 aliphatic rings. The van der Waals surface area contributed by atoms with Crippen LogP contribution in [-0.2, 0) is 23.8 Å². The third-order valence-electron chi connectivity index (χ3n) is 6.00. The molecule has 0 heterocycles. The van der Waals surface area contributed by atoms with Gasteiger partial charge in [0.2, 0.25) is 0 Å². The van der Waals surface area contributed by atoms with Crippen LogP contribution in [0.5, 0.6) is 11.5 Å². The van der Waals surface area contributed by atoms with Crippen LogP contribution in [0.1, 0.15) is 36.2 Å². The third-order valence-corrected chi connectivity index (χ3v) is 6.00. The number of hydrogen-bond acceptors (Lipinski definition) is 8. The molecule has 0 bridgehead atoms. The van der Waals surface area contributed by atoms with Crippen LogP contribution in [0.2, 0.25) is 0 Å². The molecule has 0 N–H and O–H groups in total. The summed E-state index contributed by atoms with van der Waals surface area (Å²) in [5, 5.41) is 0. The van der Waals surface area contributed by atoms with Gasteiger partial charge in [0.05, 0.1) is 31.8 Å². The zero-order chi connectivity index (χ0) is 28.7. The second-order valence-corrected chi connectivity index (χ2v) is 8.85. The topological polar surface area (TPSA) is 97.4 Å². The van der Waals surface area contributed by atoms with Crippen molar-refractivity contribution in [3.05, 3.63) is 90.0 Å². The standard InChI is InChI=1S/C32H34O8/c1-4-23(2)31(34)39-22-20-37-19-21-38-28-14-12-27(13-15-28)32(35)40-29-16-10-26(11-17-29)25-8-5-24(6-9-25)7-18-30(33)36-3/h5-18,23H,4,19-22H2,1-3H3/b18-7+. The van der Waals surface area contributed by atoms with Gasteiger partial charge in [-0.2, -0.15) is 0 Å². The summed E-state index contributed by atoms with van der Waals surface area (Å²) in [6.07, 6.45) is 3.80. The second kappa shape index (κ2) is 15.9. The Hall–Kier alpha value is -4.43. The van der Waals surface area contributed by atoms with E-state index in [1.165, 1.54) is 13.2 Å². The maximum absolute atomic E-state index is 12.6. The third kappa shape index (κ3) is 9.71. The minimum Gasteiger partial charge on any atom is -0.491 e. The van der Waals surface area contributed by atoms with Gasteiger partial charge in [0.15, 0.2) is 0 Å². The first-order valence-electron chi connectivity index (χ1n) is 13.1. The SMILES string of the molecule is CCC(C)C(=O)OCCOCCOc1ccc(C(=O)Oc2ccc(-c3ccc(/C=C/C(=O)OC)cc3)cc2)cc1. The van der Waals surface area contributed by atoms with Gasteiger partial charge in [-0.1, -0.05) is 50.2 Å². The highest BCUT2D eigenvalue weighted by Crippen LogP contribution is 2.24. The van der Waals surface area contributed by atoms with E-state index in [4.69, 9.17) is 18.9 Å². The van der Waals surface area contributed by atoms with Crippen molar-refractivity contribution in [3.63, 3.8) is 0 Å². The molecule has 0 radical (unpaired) electrons. The Labute approximate surface area is 234 Å². The van der Waals surface area contributed by atoms with Crippen molar-refractivity contribution in [2.75, 3.05) is 33.5 Å². The predicted octanol–water partition coefficient (Wildman–Crippen LogP) is 5.74. The lowest BCUT2D eigenvalue weighted by Crippen LogP contribution is -2.18. The zero-order valence-corrected chi connectivity index (χ0v) is 23.0. The first-order valence-corrected chi connectivity index (χ1v) is 13.1. The van der Waals surface area contributed by atoms with Crippen molar-refractivity contribution < 1.29 is 38.1 Å². The van der Waals surface area contributed by atoms with E-state index in [0.717, 1.165) is 23.1 Å². The summed E-state index contributed by atoms with van der Waals surface area (Å²) in [4.78, 5) is 35.4. The number of carbonyl (C=O) groups is 3. The second-order valence-electron chi connectivity index (χ2n) is 8.85. The molecule has 40 heavy (non-hydrogen) atoms. The molecule has 8 heteroatoms. The fourth-order valence-electron chi connectivity index (χ4n) is 3.42. The summed E-state index contributed by atoms with van der Waals surface area (Å²) < 4.78 is 26.3. The van der Waals surface area contributed by atoms with Crippen molar-refractivity contribution in [3.8, 4) is 22.6 Å². The lowest BCUT2D eigenvalue weighted by Gasteiger charge is -2.10. The van der Waals surface area contributed by atoms with Crippen LogP contribution in [0.4, 0.5) is 0 Å². The van der Waals surface area contributed by atoms with Crippen molar-refractivity contribution in [2.24, 2.45) is 5.92 Å². The van der Waals surface area contributed by atoms with Crippen molar-refractivity contribution in [1.29, 1.82) is 0 Å². The molecular weight excluding hydrogens is 512 g/mol. The van der Waals surface area contributed by atoms with Crippen molar-refractivity contribution >= 4 is 24.0 Å². The van der Waals surface area contributed by atoms with Gasteiger partial charge in [-0.15, -0.1) is 0 Å². The van der Waals surface area contributed by atoms with Gasteiger partial charge < -0.3 is 23.7 Å². The van der Waals surface area contributed by atoms with E-state index in [9.17, 15) is 14.4 Å². The lowest BCUT2D eigenvalue weighted by atomic mass is 10.0. The Morgan fingerprint density at radius 1 is 0.775 bits per heavy atom. The average molecular weight is 547 g/mol. The Balaban J connectivity index is 1.41. The van der Waals surface area contributed by atoms with Crippen LogP contribution in [0.3, 0.4) is 0 Å². The van der Waals surface area contributed by atoms with E-state index in [1.807, 2.05) is 50.2 Å². The molecule has 1 atom stereocenters. The molecule has 8 nitrogen and oxygen atoms in total. The van der Waals surface area contributed by atoms with Gasteiger partial charge in [0, 0.05) is 6.08 Å². The van der Waals surface area contributed by atoms with Gasteiger partial charge in [-0.3, -0.25) is 4.79 Å². The molecule has 0 fully saturated rings. The smallest absolute Gasteiger partial charge is 0.343 e. The van der Waals surface area contributed by atoms with Crippen LogP contribution in [0.15, 0.2) is 78.9 Å². The van der Waals surface area contributed by atoms with Crippen molar-refractivity contribution in [2.45, 2.75) is 20.3 Å². The summed E-state index contributed by atoms with van der Waals surface area (Å²) in [5.41, 5.74) is 3.22. The number of methoxy groups -OCH3 is 1. The molecule has 3 aromatic carbocycles. The zero-order valence-electron chi connectivity index (χ0n) is 23.0. The van der Waals surface area contributed by atoms with Gasteiger partial charge in [-0.25, -0.2) is 9.59 Å². The summed E-state index contributed by atoms with van der Waals surface area (Å²) in [6.45, 7) is 4.96. The van der Waals surface area contributed by atoms with E-state index in [2.05, 4.69) is 4.74 Å². The van der Waals surface area contributed by atoms with Crippen molar-refractivity contribution in [1.82, 2.24) is 0 Å². The first-order chi connectivity index (χ1) is 19.4. The maximum atomic E-state index is 12.6. The normalized spacial score (nSPS) is 11.6. The molecule has 0 saturated carbocycles.